The van der Waals surface area contributed by atoms with E-state index in [1.165, 1.54) is 36.2 Å². The number of fused-ring (bicyclic) bond motifs is 2. The third kappa shape index (κ3) is 5.55. The summed E-state index contributed by atoms with van der Waals surface area (Å²) in [6, 6.07) is 21.5. The first-order chi connectivity index (χ1) is 12.1. The standard InChI is InChI=1S/C20H17O.C3H6.2ClH.Zr/c21-12-11-16-13-15-6-2-4-8-18(15)20(16)19-10-9-14-5-1-3-7-17(14)19;1-3-2;;;/h1-10,13,20-21H,11-12H2;1-2H3;2*1H;/q-1;;;;+2/p-2. The minimum Gasteiger partial charge on any atom is -1.00 e. The number of aliphatic hydroxyl groups is 1. The van der Waals surface area contributed by atoms with E-state index in [1.54, 1.807) is 24.2 Å². The number of aliphatic hydroxyl groups excluding tert-OH is 1. The second kappa shape index (κ2) is 11.2. The van der Waals surface area contributed by atoms with Gasteiger partial charge < -0.3 is 29.9 Å². The van der Waals surface area contributed by atoms with E-state index in [9.17, 15) is 5.11 Å². The van der Waals surface area contributed by atoms with E-state index in [2.05, 4.69) is 80.6 Å². The number of hydrogen-bond acceptors (Lipinski definition) is 1. The van der Waals surface area contributed by atoms with Crippen molar-refractivity contribution in [2.24, 2.45) is 0 Å². The van der Waals surface area contributed by atoms with Gasteiger partial charge >= 0.3 is 41.3 Å². The van der Waals surface area contributed by atoms with Crippen molar-refractivity contribution in [1.29, 1.82) is 0 Å². The van der Waals surface area contributed by atoms with Crippen molar-refractivity contribution in [2.45, 2.75) is 26.2 Å². The minimum absolute atomic E-state index is 0. The number of rotatable bonds is 3. The third-order valence-corrected chi connectivity index (χ3v) is 4.44. The molecule has 0 spiro atoms. The molecule has 27 heavy (non-hydrogen) atoms. The Morgan fingerprint density at radius 1 is 1.00 bits per heavy atom. The maximum Gasteiger partial charge on any atom is 0.0468 e. The molecule has 1 aliphatic carbocycles. The molecule has 0 radical (unpaired) electrons. The quantitative estimate of drug-likeness (QED) is 0.491. The number of halogens is 2. The molecule has 0 saturated carbocycles. The SMILES string of the molecule is C[C](C)=[Zr+2].OCCC1=Cc2ccccc2C1[c-]1ccc2ccccc21.[Cl-].[Cl-]. The zero-order chi connectivity index (χ0) is 17.8. The zero-order valence-electron chi connectivity index (χ0n) is 15.5. The van der Waals surface area contributed by atoms with Gasteiger partial charge in [-0.25, -0.2) is 0 Å². The first kappa shape index (κ1) is 24.1. The molecule has 0 fully saturated rings. The number of benzene rings is 2. The Kier molecular flexibility index (Phi) is 9.98. The fourth-order valence-corrected chi connectivity index (χ4v) is 3.53. The summed E-state index contributed by atoms with van der Waals surface area (Å²) in [5, 5.41) is 12.0. The van der Waals surface area contributed by atoms with Crippen molar-refractivity contribution in [3.8, 4) is 0 Å². The molecule has 0 bridgehead atoms. The molecule has 1 unspecified atom stereocenters. The molecule has 1 atom stereocenters. The van der Waals surface area contributed by atoms with Gasteiger partial charge in [0.2, 0.25) is 0 Å². The molecule has 0 amide bonds. The van der Waals surface area contributed by atoms with Crippen LogP contribution in [0.3, 0.4) is 0 Å². The fourth-order valence-electron chi connectivity index (χ4n) is 3.53. The van der Waals surface area contributed by atoms with Crippen LogP contribution >= 0.6 is 0 Å². The maximum atomic E-state index is 9.39. The van der Waals surface area contributed by atoms with Crippen molar-refractivity contribution in [3.63, 3.8) is 0 Å². The van der Waals surface area contributed by atoms with E-state index in [1.807, 2.05) is 0 Å². The summed E-state index contributed by atoms with van der Waals surface area (Å²) in [4.78, 5) is 0. The normalized spacial score (nSPS) is 14.3. The van der Waals surface area contributed by atoms with E-state index < -0.39 is 0 Å². The van der Waals surface area contributed by atoms with E-state index in [0.29, 0.717) is 0 Å². The van der Waals surface area contributed by atoms with Crippen LogP contribution in [0.5, 0.6) is 0 Å². The predicted molar refractivity (Wildman–Crippen MR) is 104 cm³/mol. The van der Waals surface area contributed by atoms with Gasteiger partial charge in [-0.05, 0) is 23.5 Å². The molecule has 3 aromatic rings. The molecule has 1 nitrogen and oxygen atoms in total. The Labute approximate surface area is 189 Å². The monoisotopic (exact) mass is 475 g/mol. The van der Waals surface area contributed by atoms with Crippen molar-refractivity contribution in [1.82, 2.24) is 0 Å². The summed E-state index contributed by atoms with van der Waals surface area (Å²) in [6.07, 6.45) is 2.98. The van der Waals surface area contributed by atoms with Crippen LogP contribution in [0.2, 0.25) is 0 Å². The molecular formula is C23H23Cl2OZr-. The first-order valence-corrected chi connectivity index (χ1v) is 9.91. The fraction of sp³-hybridized carbons (Fsp3) is 0.217. The van der Waals surface area contributed by atoms with Crippen LogP contribution in [0.25, 0.3) is 16.8 Å². The predicted octanol–water partition coefficient (Wildman–Crippen LogP) is -0.777. The van der Waals surface area contributed by atoms with Gasteiger partial charge in [-0.2, -0.15) is 6.07 Å². The molecule has 1 aliphatic rings. The Morgan fingerprint density at radius 2 is 1.63 bits per heavy atom. The summed E-state index contributed by atoms with van der Waals surface area (Å²) >= 11 is 1.55. The molecule has 0 saturated heterocycles. The molecule has 4 heteroatoms. The van der Waals surface area contributed by atoms with E-state index in [4.69, 9.17) is 0 Å². The Morgan fingerprint density at radius 3 is 2.33 bits per heavy atom. The molecule has 0 aliphatic heterocycles. The molecule has 140 valence electrons. The summed E-state index contributed by atoms with van der Waals surface area (Å²) in [6.45, 7) is 4.45. The van der Waals surface area contributed by atoms with Crippen molar-refractivity contribution in [2.75, 3.05) is 6.61 Å². The van der Waals surface area contributed by atoms with Gasteiger partial charge in [-0.15, -0.1) is 40.6 Å². The Balaban J connectivity index is 0.000000558. The van der Waals surface area contributed by atoms with Gasteiger partial charge in [0.15, 0.2) is 0 Å². The molecule has 0 aromatic heterocycles. The van der Waals surface area contributed by atoms with Crippen LogP contribution < -0.4 is 24.8 Å². The second-order valence-electron chi connectivity index (χ2n) is 6.63. The topological polar surface area (TPSA) is 20.2 Å². The van der Waals surface area contributed by atoms with Gasteiger partial charge in [-0.1, -0.05) is 42.0 Å². The molecule has 0 heterocycles. The van der Waals surface area contributed by atoms with Crippen LogP contribution in [0, 0.1) is 0 Å². The van der Waals surface area contributed by atoms with E-state index >= 15 is 0 Å². The van der Waals surface area contributed by atoms with Gasteiger partial charge in [0.25, 0.3) is 0 Å². The second-order valence-corrected chi connectivity index (χ2v) is 9.09. The molecule has 1 N–H and O–H groups in total. The van der Waals surface area contributed by atoms with Crippen LogP contribution in [0.4, 0.5) is 0 Å². The minimum atomic E-state index is 0. The summed E-state index contributed by atoms with van der Waals surface area (Å²) in [7, 11) is 0. The average Bonchev–Trinajstić information content (AvgIpc) is 3.15. The molecule has 4 rings (SSSR count). The van der Waals surface area contributed by atoms with E-state index in [0.717, 1.165) is 6.42 Å². The smallest absolute Gasteiger partial charge is 0.0468 e. The van der Waals surface area contributed by atoms with Crippen molar-refractivity contribution in [3.05, 3.63) is 82.9 Å². The largest absolute Gasteiger partial charge is 1.00 e. The van der Waals surface area contributed by atoms with Gasteiger partial charge in [0, 0.05) is 6.61 Å². The van der Waals surface area contributed by atoms with Crippen LogP contribution in [0.1, 0.15) is 42.9 Å². The summed E-state index contributed by atoms with van der Waals surface area (Å²) in [5.74, 6) is 0.285. The van der Waals surface area contributed by atoms with Gasteiger partial charge in [0.1, 0.15) is 0 Å². The molecular weight excluding hydrogens is 454 g/mol. The summed E-state index contributed by atoms with van der Waals surface area (Å²) in [5.41, 5.74) is 5.32. The van der Waals surface area contributed by atoms with Crippen LogP contribution in [0.15, 0.2) is 66.2 Å². The van der Waals surface area contributed by atoms with Gasteiger partial charge in [0.05, 0.1) is 0 Å². The average molecular weight is 478 g/mol. The third-order valence-electron chi connectivity index (χ3n) is 4.44. The Hall–Kier alpha value is -0.917. The molecule has 3 aromatic carbocycles. The van der Waals surface area contributed by atoms with Crippen LogP contribution in [-0.2, 0) is 24.2 Å². The first-order valence-electron chi connectivity index (χ1n) is 8.68. The van der Waals surface area contributed by atoms with Gasteiger partial charge in [-0.3, -0.25) is 0 Å². The Bertz CT molecular complexity index is 923. The summed E-state index contributed by atoms with van der Waals surface area (Å²) < 4.78 is 1.51. The van der Waals surface area contributed by atoms with Crippen molar-refractivity contribution < 1.29 is 54.2 Å². The van der Waals surface area contributed by atoms with E-state index in [-0.39, 0.29) is 37.3 Å². The van der Waals surface area contributed by atoms with Crippen LogP contribution in [-0.4, -0.2) is 14.9 Å². The van der Waals surface area contributed by atoms with Crippen molar-refractivity contribution >= 4 is 20.1 Å². The maximum absolute atomic E-state index is 9.39. The zero-order valence-corrected chi connectivity index (χ0v) is 19.5. The number of hydrogen-bond donors (Lipinski definition) is 1.